The van der Waals surface area contributed by atoms with E-state index in [-0.39, 0.29) is 0 Å². The molecule has 0 fully saturated rings. The molecule has 0 spiro atoms. The Kier molecular flexibility index (Phi) is 6.41. The first-order valence-corrected chi connectivity index (χ1v) is 11.6. The van der Waals surface area contributed by atoms with Crippen LogP contribution in [-0.4, -0.2) is 37.7 Å². The largest absolute Gasteiger partial charge is 0.378 e. The van der Waals surface area contributed by atoms with Gasteiger partial charge >= 0.3 is 6.03 Å². The Morgan fingerprint density at radius 3 is 2.61 bits per heavy atom. The van der Waals surface area contributed by atoms with Crippen molar-refractivity contribution in [2.24, 2.45) is 7.05 Å². The average Bonchev–Trinajstić information content (AvgIpc) is 3.45. The lowest BCUT2D eigenvalue weighted by molar-refractivity contribution is 0.181. The van der Waals surface area contributed by atoms with Gasteiger partial charge in [-0.05, 0) is 37.3 Å². The van der Waals surface area contributed by atoms with E-state index < -0.39 is 6.03 Å². The van der Waals surface area contributed by atoms with Gasteiger partial charge in [0.1, 0.15) is 11.5 Å². The number of hydrogen-bond acceptors (Lipinski definition) is 5. The Labute approximate surface area is 212 Å². The van der Waals surface area contributed by atoms with Crippen molar-refractivity contribution in [2.75, 3.05) is 17.7 Å². The molecule has 182 valence electrons. The van der Waals surface area contributed by atoms with Gasteiger partial charge in [0.25, 0.3) is 0 Å². The summed E-state index contributed by atoms with van der Waals surface area (Å²) < 4.78 is 8.64. The second-order valence-electron chi connectivity index (χ2n) is 8.30. The maximum atomic E-state index is 13.3. The van der Waals surface area contributed by atoms with Gasteiger partial charge in [0.15, 0.2) is 0 Å². The monoisotopic (exact) mass is 501 g/mol. The quantitative estimate of drug-likeness (QED) is 0.317. The van der Waals surface area contributed by atoms with Gasteiger partial charge in [-0.1, -0.05) is 29.8 Å². The molecule has 0 saturated heterocycles. The van der Waals surface area contributed by atoms with Crippen LogP contribution in [-0.2, 0) is 18.4 Å². The molecule has 0 bridgehead atoms. The number of amides is 2. The molecule has 0 radical (unpaired) electrons. The van der Waals surface area contributed by atoms with Crippen molar-refractivity contribution >= 4 is 39.9 Å². The number of benzene rings is 2. The van der Waals surface area contributed by atoms with E-state index in [1.165, 1.54) is 0 Å². The molecule has 0 aliphatic heterocycles. The molecular weight excluding hydrogens is 478 g/mol. The van der Waals surface area contributed by atoms with E-state index in [0.29, 0.717) is 23.1 Å². The molecule has 3 aromatic heterocycles. The molecule has 5 aromatic rings. The Bertz CT molecular complexity index is 1560. The van der Waals surface area contributed by atoms with E-state index in [9.17, 15) is 4.79 Å². The lowest BCUT2D eigenvalue weighted by Crippen LogP contribution is -2.22. The van der Waals surface area contributed by atoms with Crippen molar-refractivity contribution in [1.82, 2.24) is 24.5 Å². The van der Waals surface area contributed by atoms with Crippen molar-refractivity contribution in [3.63, 3.8) is 0 Å². The molecule has 9 nitrogen and oxygen atoms in total. The lowest BCUT2D eigenvalue weighted by Gasteiger charge is -2.13. The van der Waals surface area contributed by atoms with Gasteiger partial charge in [-0.3, -0.25) is 15.0 Å². The van der Waals surface area contributed by atoms with Crippen molar-refractivity contribution in [3.8, 4) is 16.9 Å². The van der Waals surface area contributed by atoms with Crippen LogP contribution >= 0.6 is 11.6 Å². The topological polar surface area (TPSA) is 98.9 Å². The molecule has 10 heteroatoms. The van der Waals surface area contributed by atoms with Crippen LogP contribution in [0.1, 0.15) is 11.3 Å². The highest BCUT2D eigenvalue weighted by atomic mass is 35.5. The molecule has 0 saturated carbocycles. The molecule has 3 heterocycles. The van der Waals surface area contributed by atoms with Crippen LogP contribution in [0.15, 0.2) is 67.1 Å². The number of carbonyl (C=O) groups excluding carboxylic acids is 1. The van der Waals surface area contributed by atoms with Crippen molar-refractivity contribution in [2.45, 2.75) is 13.5 Å². The Morgan fingerprint density at radius 2 is 1.89 bits per heavy atom. The summed E-state index contributed by atoms with van der Waals surface area (Å²) >= 11 is 6.38. The number of nitrogens with zero attached hydrogens (tertiary/aromatic N) is 5. The number of halogens is 1. The highest BCUT2D eigenvalue weighted by Gasteiger charge is 2.20. The summed E-state index contributed by atoms with van der Waals surface area (Å²) in [4.78, 5) is 17.6. The third kappa shape index (κ3) is 4.53. The zero-order valence-electron chi connectivity index (χ0n) is 20.0. The number of aromatic nitrogens is 5. The number of nitrogens with one attached hydrogen (secondary N) is 2. The first-order valence-electron chi connectivity index (χ1n) is 11.2. The summed E-state index contributed by atoms with van der Waals surface area (Å²) in [6, 6.07) is 14.6. The number of hydrogen-bond donors (Lipinski definition) is 2. The zero-order chi connectivity index (χ0) is 25.2. The lowest BCUT2D eigenvalue weighted by atomic mass is 10.1. The number of para-hydroxylation sites is 1. The van der Waals surface area contributed by atoms with Gasteiger partial charge in [-0.15, -0.1) is 0 Å². The molecule has 2 amide bonds. The number of methoxy groups -OCH3 is 1. The first-order chi connectivity index (χ1) is 17.4. The fourth-order valence-corrected chi connectivity index (χ4v) is 4.27. The maximum absolute atomic E-state index is 13.3. The molecule has 0 aliphatic rings. The zero-order valence-corrected chi connectivity index (χ0v) is 20.7. The molecule has 5 rings (SSSR count). The van der Waals surface area contributed by atoms with Crippen LogP contribution in [0, 0.1) is 6.92 Å². The molecule has 2 N–H and O–H groups in total. The molecule has 0 atom stereocenters. The number of anilines is 2. The van der Waals surface area contributed by atoms with Crippen LogP contribution in [0.25, 0.3) is 27.7 Å². The van der Waals surface area contributed by atoms with Gasteiger partial charge < -0.3 is 10.1 Å². The predicted molar refractivity (Wildman–Crippen MR) is 141 cm³/mol. The van der Waals surface area contributed by atoms with Crippen LogP contribution in [0.2, 0.25) is 5.02 Å². The fourth-order valence-electron chi connectivity index (χ4n) is 4.06. The number of carbonyl (C=O) groups is 1. The summed E-state index contributed by atoms with van der Waals surface area (Å²) in [6.45, 7) is 2.27. The summed E-state index contributed by atoms with van der Waals surface area (Å²) in [5, 5.41) is 17.1. The van der Waals surface area contributed by atoms with E-state index in [4.69, 9.17) is 21.4 Å². The van der Waals surface area contributed by atoms with E-state index in [1.54, 1.807) is 41.0 Å². The van der Waals surface area contributed by atoms with Crippen molar-refractivity contribution < 1.29 is 9.53 Å². The molecule has 0 aliphatic carbocycles. The molecular formula is C26H24ClN7O2. The van der Waals surface area contributed by atoms with E-state index >= 15 is 0 Å². The van der Waals surface area contributed by atoms with Gasteiger partial charge in [-0.2, -0.15) is 10.2 Å². The highest BCUT2D eigenvalue weighted by Crippen LogP contribution is 2.32. The molecule has 0 unspecified atom stereocenters. The van der Waals surface area contributed by atoms with E-state index in [1.807, 2.05) is 56.6 Å². The number of rotatable bonds is 6. The van der Waals surface area contributed by atoms with Gasteiger partial charge in [0.2, 0.25) is 0 Å². The first kappa shape index (κ1) is 23.5. The minimum absolute atomic E-state index is 0.348. The Balaban J connectivity index is 1.51. The predicted octanol–water partition coefficient (Wildman–Crippen LogP) is 5.57. The molecule has 36 heavy (non-hydrogen) atoms. The summed E-state index contributed by atoms with van der Waals surface area (Å²) in [6.07, 6.45) is 5.32. The number of ether oxygens (including phenoxy) is 1. The number of aryl methyl sites for hydroxylation is 1. The fraction of sp³-hybridized carbons (Fsp3) is 0.154. The van der Waals surface area contributed by atoms with Gasteiger partial charge in [-0.25, -0.2) is 9.48 Å². The summed E-state index contributed by atoms with van der Waals surface area (Å²) in [5.41, 5.74) is 4.55. The number of urea groups is 1. The third-order valence-electron chi connectivity index (χ3n) is 5.78. The van der Waals surface area contributed by atoms with Gasteiger partial charge in [0, 0.05) is 48.5 Å². The normalized spacial score (nSPS) is 11.1. The minimum Gasteiger partial charge on any atom is -0.378 e. The minimum atomic E-state index is -0.415. The van der Waals surface area contributed by atoms with Gasteiger partial charge in [0.05, 0.1) is 34.9 Å². The van der Waals surface area contributed by atoms with Crippen molar-refractivity contribution in [1.29, 1.82) is 0 Å². The SMILES string of the molecule is COCc1cc2c(NC(=O)Nc3c(C)c(-c4cnn(C)c4)nn3-c3ccccc3)ccc(Cl)c2cn1. The second kappa shape index (κ2) is 9.80. The standard InChI is InChI=1S/C26H24ClN7O2/c1-16-24(17-12-29-33(2)14-17)32-34(19-7-5-4-6-8-19)25(16)31-26(35)30-23-10-9-22(27)21-13-28-18(15-36-3)11-20(21)23/h4-14H,15H2,1-3H3,(H2,30,31,35). The Morgan fingerprint density at radius 1 is 1.08 bits per heavy atom. The average molecular weight is 502 g/mol. The second-order valence-corrected chi connectivity index (χ2v) is 8.71. The van der Waals surface area contributed by atoms with Crippen LogP contribution < -0.4 is 10.6 Å². The van der Waals surface area contributed by atoms with Crippen LogP contribution in [0.5, 0.6) is 0 Å². The molecule has 2 aromatic carbocycles. The maximum Gasteiger partial charge on any atom is 0.324 e. The van der Waals surface area contributed by atoms with Crippen LogP contribution in [0.3, 0.4) is 0 Å². The summed E-state index contributed by atoms with van der Waals surface area (Å²) in [5.74, 6) is 0.553. The van der Waals surface area contributed by atoms with Crippen LogP contribution in [0.4, 0.5) is 16.3 Å². The van der Waals surface area contributed by atoms with E-state index in [0.717, 1.165) is 39.0 Å². The third-order valence-corrected chi connectivity index (χ3v) is 6.11. The van der Waals surface area contributed by atoms with E-state index in [2.05, 4.69) is 20.7 Å². The smallest absolute Gasteiger partial charge is 0.324 e. The highest BCUT2D eigenvalue weighted by molar-refractivity contribution is 6.36. The Hall–Kier alpha value is -4.21. The number of pyridine rings is 1. The summed E-state index contributed by atoms with van der Waals surface area (Å²) in [7, 11) is 3.46. The van der Waals surface area contributed by atoms with Crippen molar-refractivity contribution in [3.05, 3.63) is 83.4 Å². The number of fused-ring (bicyclic) bond motifs is 1.